The van der Waals surface area contributed by atoms with Crippen LogP contribution in [0.3, 0.4) is 0 Å². The van der Waals surface area contributed by atoms with Crippen molar-refractivity contribution in [2.45, 2.75) is 6.92 Å². The molecule has 90 valence electrons. The van der Waals surface area contributed by atoms with Crippen molar-refractivity contribution in [3.05, 3.63) is 47.1 Å². The Morgan fingerprint density at radius 2 is 2.17 bits per heavy atom. The normalized spacial score (nSPS) is 10.8. The monoisotopic (exact) mass is 304 g/mol. The van der Waals surface area contributed by atoms with Gasteiger partial charge in [0.05, 0.1) is 18.1 Å². The molecule has 18 heavy (non-hydrogen) atoms. The second kappa shape index (κ2) is 4.38. The summed E-state index contributed by atoms with van der Waals surface area (Å²) in [6.45, 7) is 1.94. The Kier molecular flexibility index (Phi) is 2.71. The van der Waals surface area contributed by atoms with E-state index in [-0.39, 0.29) is 0 Å². The molecule has 6 heteroatoms. The first-order valence-electron chi connectivity index (χ1n) is 5.32. The highest BCUT2D eigenvalue weighted by molar-refractivity contribution is 9.10. The Balaban J connectivity index is 2.10. The Morgan fingerprint density at radius 3 is 2.94 bits per heavy atom. The van der Waals surface area contributed by atoms with Crippen molar-refractivity contribution < 1.29 is 4.74 Å². The molecule has 5 nitrogen and oxygen atoms in total. The zero-order chi connectivity index (χ0) is 12.5. The average molecular weight is 305 g/mol. The van der Waals surface area contributed by atoms with Gasteiger partial charge in [-0.1, -0.05) is 0 Å². The first-order valence-corrected chi connectivity index (χ1v) is 6.11. The van der Waals surface area contributed by atoms with E-state index in [0.717, 1.165) is 15.8 Å². The SMILES string of the molecule is Cc1cn2cc(Br)cc(Oc3ccnnc3)c2n1. The standard InChI is InChI=1S/C12H9BrN4O/c1-8-6-17-7-9(13)4-11(12(17)16-8)18-10-2-3-14-15-5-10/h2-7H,1H3. The summed E-state index contributed by atoms with van der Waals surface area (Å²) in [5.41, 5.74) is 1.71. The molecule has 0 unspecified atom stereocenters. The lowest BCUT2D eigenvalue weighted by Gasteiger charge is -2.06. The Bertz CT molecular complexity index is 696. The van der Waals surface area contributed by atoms with E-state index in [1.165, 1.54) is 0 Å². The van der Waals surface area contributed by atoms with Crippen molar-refractivity contribution in [1.82, 2.24) is 19.6 Å². The van der Waals surface area contributed by atoms with E-state index in [9.17, 15) is 0 Å². The van der Waals surface area contributed by atoms with Crippen LogP contribution in [-0.4, -0.2) is 19.6 Å². The number of aromatic nitrogens is 4. The molecule has 3 heterocycles. The second-order valence-electron chi connectivity index (χ2n) is 3.82. The molecule has 0 fully saturated rings. The summed E-state index contributed by atoms with van der Waals surface area (Å²) in [7, 11) is 0. The highest BCUT2D eigenvalue weighted by Crippen LogP contribution is 2.28. The number of hydrogen-bond acceptors (Lipinski definition) is 4. The van der Waals surface area contributed by atoms with Crippen molar-refractivity contribution >= 4 is 21.6 Å². The summed E-state index contributed by atoms with van der Waals surface area (Å²) in [5.74, 6) is 1.30. The van der Waals surface area contributed by atoms with Crippen LogP contribution in [0, 0.1) is 6.92 Å². The van der Waals surface area contributed by atoms with Gasteiger partial charge in [-0.15, -0.1) is 0 Å². The molecule has 0 amide bonds. The van der Waals surface area contributed by atoms with E-state index >= 15 is 0 Å². The van der Waals surface area contributed by atoms with E-state index < -0.39 is 0 Å². The quantitative estimate of drug-likeness (QED) is 0.730. The first-order chi connectivity index (χ1) is 8.72. The van der Waals surface area contributed by atoms with Crippen molar-refractivity contribution in [2.75, 3.05) is 0 Å². The molecule has 0 saturated heterocycles. The van der Waals surface area contributed by atoms with Crippen LogP contribution >= 0.6 is 15.9 Å². The minimum Gasteiger partial charge on any atom is -0.452 e. The van der Waals surface area contributed by atoms with Crippen molar-refractivity contribution in [2.24, 2.45) is 0 Å². The van der Waals surface area contributed by atoms with Gasteiger partial charge in [0.25, 0.3) is 0 Å². The van der Waals surface area contributed by atoms with Crippen molar-refractivity contribution in [3.8, 4) is 11.5 Å². The minimum absolute atomic E-state index is 0.630. The first kappa shape index (κ1) is 11.2. The fourth-order valence-corrected chi connectivity index (χ4v) is 2.13. The molecule has 0 atom stereocenters. The minimum atomic E-state index is 0.630. The summed E-state index contributed by atoms with van der Waals surface area (Å²) in [6, 6.07) is 3.63. The van der Waals surface area contributed by atoms with Gasteiger partial charge in [0, 0.05) is 29.0 Å². The molecule has 3 rings (SSSR count). The van der Waals surface area contributed by atoms with Gasteiger partial charge in [-0.2, -0.15) is 10.2 Å². The van der Waals surface area contributed by atoms with Crippen LogP contribution in [0.25, 0.3) is 5.65 Å². The maximum absolute atomic E-state index is 5.77. The zero-order valence-corrected chi connectivity index (χ0v) is 11.1. The molecule has 0 aliphatic carbocycles. The molecular formula is C12H9BrN4O. The number of fused-ring (bicyclic) bond motifs is 1. The van der Waals surface area contributed by atoms with Crippen LogP contribution < -0.4 is 4.74 Å². The van der Waals surface area contributed by atoms with E-state index in [4.69, 9.17) is 4.74 Å². The van der Waals surface area contributed by atoms with Gasteiger partial charge < -0.3 is 9.14 Å². The highest BCUT2D eigenvalue weighted by Gasteiger charge is 2.08. The molecule has 0 aliphatic rings. The van der Waals surface area contributed by atoms with Crippen molar-refractivity contribution in [1.29, 1.82) is 0 Å². The largest absolute Gasteiger partial charge is 0.452 e. The number of rotatable bonds is 2. The van der Waals surface area contributed by atoms with Crippen LogP contribution in [0.4, 0.5) is 0 Å². The molecular weight excluding hydrogens is 296 g/mol. The number of ether oxygens (including phenoxy) is 1. The van der Waals surface area contributed by atoms with Gasteiger partial charge in [0.15, 0.2) is 11.4 Å². The van der Waals surface area contributed by atoms with E-state index in [1.54, 1.807) is 18.5 Å². The summed E-state index contributed by atoms with van der Waals surface area (Å²) in [4.78, 5) is 4.43. The third kappa shape index (κ3) is 2.06. The van der Waals surface area contributed by atoms with Gasteiger partial charge in [0.2, 0.25) is 0 Å². The predicted octanol–water partition coefficient (Wildman–Crippen LogP) is 2.99. The molecule has 0 radical (unpaired) electrons. The lowest BCUT2D eigenvalue weighted by Crippen LogP contribution is -1.91. The number of nitrogens with zero attached hydrogens (tertiary/aromatic N) is 4. The molecule has 0 aliphatic heterocycles. The average Bonchev–Trinajstić information content (AvgIpc) is 2.71. The van der Waals surface area contributed by atoms with E-state index in [1.807, 2.05) is 29.8 Å². The van der Waals surface area contributed by atoms with Gasteiger partial charge in [0.1, 0.15) is 5.75 Å². The third-order valence-corrected chi connectivity index (χ3v) is 2.82. The van der Waals surface area contributed by atoms with Gasteiger partial charge in [-0.25, -0.2) is 4.98 Å². The molecule has 0 bridgehead atoms. The summed E-state index contributed by atoms with van der Waals surface area (Å²) in [6.07, 6.45) is 7.03. The van der Waals surface area contributed by atoms with Crippen LogP contribution in [0.5, 0.6) is 11.5 Å². The number of hydrogen-bond donors (Lipinski definition) is 0. The smallest absolute Gasteiger partial charge is 0.180 e. The lowest BCUT2D eigenvalue weighted by molar-refractivity contribution is 0.480. The molecule has 3 aromatic rings. The lowest BCUT2D eigenvalue weighted by atomic mass is 10.4. The second-order valence-corrected chi connectivity index (χ2v) is 4.73. The van der Waals surface area contributed by atoms with Crippen LogP contribution in [0.2, 0.25) is 0 Å². The summed E-state index contributed by atoms with van der Waals surface area (Å²) >= 11 is 3.45. The Morgan fingerprint density at radius 1 is 1.28 bits per heavy atom. The van der Waals surface area contributed by atoms with Gasteiger partial charge >= 0.3 is 0 Å². The van der Waals surface area contributed by atoms with Crippen LogP contribution in [0.15, 0.2) is 41.4 Å². The van der Waals surface area contributed by atoms with Crippen molar-refractivity contribution in [3.63, 3.8) is 0 Å². The molecule has 0 spiro atoms. The Labute approximate surface area is 112 Å². The molecule has 3 aromatic heterocycles. The number of halogens is 1. The number of aryl methyl sites for hydroxylation is 1. The topological polar surface area (TPSA) is 52.3 Å². The van der Waals surface area contributed by atoms with Gasteiger partial charge in [-0.3, -0.25) is 0 Å². The van der Waals surface area contributed by atoms with E-state index in [2.05, 4.69) is 31.1 Å². The zero-order valence-electron chi connectivity index (χ0n) is 9.54. The molecule has 0 saturated carbocycles. The third-order valence-electron chi connectivity index (χ3n) is 2.39. The highest BCUT2D eigenvalue weighted by atomic mass is 79.9. The fraction of sp³-hybridized carbons (Fsp3) is 0.0833. The maximum Gasteiger partial charge on any atom is 0.180 e. The predicted molar refractivity (Wildman–Crippen MR) is 69.7 cm³/mol. The Hall–Kier alpha value is -1.95. The van der Waals surface area contributed by atoms with Crippen LogP contribution in [-0.2, 0) is 0 Å². The maximum atomic E-state index is 5.77. The van der Waals surface area contributed by atoms with Crippen LogP contribution in [0.1, 0.15) is 5.69 Å². The molecule has 0 aromatic carbocycles. The van der Waals surface area contributed by atoms with Gasteiger partial charge in [-0.05, 0) is 22.9 Å². The summed E-state index contributed by atoms with van der Waals surface area (Å²) in [5, 5.41) is 7.49. The summed E-state index contributed by atoms with van der Waals surface area (Å²) < 4.78 is 8.61. The van der Waals surface area contributed by atoms with E-state index in [0.29, 0.717) is 11.5 Å². The number of pyridine rings is 1. The fourth-order valence-electron chi connectivity index (χ4n) is 1.70. The number of imidazole rings is 1. The molecule has 0 N–H and O–H groups in total.